The number of esters is 1. The van der Waals surface area contributed by atoms with Crippen LogP contribution in [0.3, 0.4) is 0 Å². The Morgan fingerprint density at radius 3 is 1.46 bits per heavy atom. The molecule has 0 bridgehead atoms. The molecule has 232 valence electrons. The number of rotatable bonds is 31. The summed E-state index contributed by atoms with van der Waals surface area (Å²) in [4.78, 5) is 14.1. The normalized spacial score (nSPS) is 11.3. The second-order valence-corrected chi connectivity index (χ2v) is 12.3. The Hall–Kier alpha value is -0.830. The maximum atomic E-state index is 11.9. The zero-order chi connectivity index (χ0) is 28.7. The third kappa shape index (κ3) is 31.6. The molecule has 0 aromatic heterocycles. The lowest BCUT2D eigenvalue weighted by Gasteiger charge is -2.09. The maximum absolute atomic E-state index is 11.9. The van der Waals surface area contributed by atoms with Gasteiger partial charge in [-0.3, -0.25) is 4.79 Å². The van der Waals surface area contributed by atoms with Crippen LogP contribution in [-0.4, -0.2) is 38.1 Å². The minimum atomic E-state index is -0.00523. The van der Waals surface area contributed by atoms with Crippen molar-refractivity contribution >= 4 is 5.97 Å². The van der Waals surface area contributed by atoms with Crippen LogP contribution in [0.1, 0.15) is 187 Å². The Kier molecular flexibility index (Phi) is 31.0. The van der Waals surface area contributed by atoms with Crippen molar-refractivity contribution in [1.82, 2.24) is 4.90 Å². The molecule has 0 N–H and O–H groups in total. The van der Waals surface area contributed by atoms with E-state index in [2.05, 4.69) is 38.9 Å². The van der Waals surface area contributed by atoms with Gasteiger partial charge in [-0.05, 0) is 78.4 Å². The number of nitrogens with zero attached hydrogens (tertiary/aromatic N) is 1. The molecule has 39 heavy (non-hydrogen) atoms. The summed E-state index contributed by atoms with van der Waals surface area (Å²) < 4.78 is 5.37. The average molecular weight is 550 g/mol. The first-order valence-corrected chi connectivity index (χ1v) is 17.6. The summed E-state index contributed by atoms with van der Waals surface area (Å²) in [5.74, 6) is -0.00523. The van der Waals surface area contributed by atoms with Gasteiger partial charge in [-0.15, -0.1) is 0 Å². The number of unbranched alkanes of at least 4 members (excludes halogenated alkanes) is 20. The summed E-state index contributed by atoms with van der Waals surface area (Å²) in [5, 5.41) is 0. The van der Waals surface area contributed by atoms with E-state index in [9.17, 15) is 4.79 Å². The van der Waals surface area contributed by atoms with Gasteiger partial charge < -0.3 is 9.64 Å². The molecule has 0 aliphatic carbocycles. The lowest BCUT2D eigenvalue weighted by atomic mass is 9.97. The number of carbonyl (C=O) groups excluding carboxylic acids is 1. The molecule has 3 nitrogen and oxygen atoms in total. The van der Waals surface area contributed by atoms with Gasteiger partial charge in [0.1, 0.15) is 0 Å². The summed E-state index contributed by atoms with van der Waals surface area (Å²) in [7, 11) is 4.16. The molecule has 0 aromatic carbocycles. The van der Waals surface area contributed by atoms with Crippen molar-refractivity contribution in [1.29, 1.82) is 0 Å². The van der Waals surface area contributed by atoms with Crippen LogP contribution in [0.5, 0.6) is 0 Å². The van der Waals surface area contributed by atoms with E-state index in [0.29, 0.717) is 13.0 Å². The highest BCUT2D eigenvalue weighted by molar-refractivity contribution is 5.69. The molecule has 0 fully saturated rings. The zero-order valence-corrected chi connectivity index (χ0v) is 27.3. The van der Waals surface area contributed by atoms with Crippen molar-refractivity contribution in [3.8, 4) is 0 Å². The standard InChI is InChI=1S/C36H71NO2/c1-5-7-9-11-13-15-19-23-29-35(30-24-20-16-14-12-10-8-6-2)31-25-21-17-18-22-26-32-36(38)39-34-28-27-33-37(3)4/h31H,5-30,32-34H2,1-4H3. The molecule has 0 aliphatic rings. The van der Waals surface area contributed by atoms with Crippen LogP contribution in [0.15, 0.2) is 11.6 Å². The molecular formula is C36H71NO2. The third-order valence-electron chi connectivity index (χ3n) is 7.98. The summed E-state index contributed by atoms with van der Waals surface area (Å²) in [6.07, 6.45) is 37.8. The topological polar surface area (TPSA) is 29.5 Å². The van der Waals surface area contributed by atoms with Crippen LogP contribution in [0.2, 0.25) is 0 Å². The minimum absolute atomic E-state index is 0.00523. The van der Waals surface area contributed by atoms with Crippen molar-refractivity contribution in [3.05, 3.63) is 11.6 Å². The fourth-order valence-corrected chi connectivity index (χ4v) is 5.34. The van der Waals surface area contributed by atoms with Crippen molar-refractivity contribution in [3.63, 3.8) is 0 Å². The van der Waals surface area contributed by atoms with E-state index in [0.717, 1.165) is 32.2 Å². The average Bonchev–Trinajstić information content (AvgIpc) is 2.92. The molecule has 0 heterocycles. The molecule has 0 saturated heterocycles. The molecule has 0 amide bonds. The van der Waals surface area contributed by atoms with Gasteiger partial charge in [-0.2, -0.15) is 0 Å². The van der Waals surface area contributed by atoms with Gasteiger partial charge in [0.25, 0.3) is 0 Å². The SMILES string of the molecule is CCCCCCCCCCC(=CCCCCCCCC(=O)OCCCCN(C)C)CCCCCCCCCC. The Bertz CT molecular complexity index is 506. The van der Waals surface area contributed by atoms with E-state index in [-0.39, 0.29) is 5.97 Å². The molecule has 0 unspecified atom stereocenters. The molecule has 0 saturated carbocycles. The number of carbonyl (C=O) groups is 1. The highest BCUT2D eigenvalue weighted by atomic mass is 16.5. The van der Waals surface area contributed by atoms with E-state index in [4.69, 9.17) is 4.74 Å². The third-order valence-corrected chi connectivity index (χ3v) is 7.98. The molecule has 0 spiro atoms. The fourth-order valence-electron chi connectivity index (χ4n) is 5.34. The summed E-state index contributed by atoms with van der Waals surface area (Å²) in [6.45, 7) is 6.25. The van der Waals surface area contributed by atoms with E-state index >= 15 is 0 Å². The smallest absolute Gasteiger partial charge is 0.305 e. The maximum Gasteiger partial charge on any atom is 0.305 e. The lowest BCUT2D eigenvalue weighted by Crippen LogP contribution is -2.14. The lowest BCUT2D eigenvalue weighted by molar-refractivity contribution is -0.143. The summed E-state index contributed by atoms with van der Waals surface area (Å²) in [5.41, 5.74) is 1.75. The Morgan fingerprint density at radius 2 is 0.974 bits per heavy atom. The van der Waals surface area contributed by atoms with Crippen LogP contribution in [-0.2, 0) is 9.53 Å². The molecule has 0 radical (unpaired) electrons. The van der Waals surface area contributed by atoms with E-state index in [1.807, 2.05) is 0 Å². The van der Waals surface area contributed by atoms with Gasteiger partial charge in [0.05, 0.1) is 6.61 Å². The molecule has 0 rings (SSSR count). The van der Waals surface area contributed by atoms with Gasteiger partial charge in [-0.25, -0.2) is 0 Å². The predicted molar refractivity (Wildman–Crippen MR) is 174 cm³/mol. The van der Waals surface area contributed by atoms with Crippen molar-refractivity contribution in [2.45, 2.75) is 187 Å². The Labute approximate surface area is 246 Å². The molecule has 0 aliphatic heterocycles. The highest BCUT2D eigenvalue weighted by Crippen LogP contribution is 2.20. The van der Waals surface area contributed by atoms with Crippen LogP contribution in [0.4, 0.5) is 0 Å². The minimum Gasteiger partial charge on any atom is -0.466 e. The van der Waals surface area contributed by atoms with Crippen LogP contribution >= 0.6 is 0 Å². The first-order valence-electron chi connectivity index (χ1n) is 17.6. The first kappa shape index (κ1) is 38.2. The second kappa shape index (κ2) is 31.7. The highest BCUT2D eigenvalue weighted by Gasteiger charge is 2.03. The van der Waals surface area contributed by atoms with Gasteiger partial charge in [0, 0.05) is 6.42 Å². The molecule has 3 heteroatoms. The fraction of sp³-hybridized carbons (Fsp3) is 0.917. The number of allylic oxidation sites excluding steroid dienone is 2. The Morgan fingerprint density at radius 1 is 0.538 bits per heavy atom. The van der Waals surface area contributed by atoms with E-state index in [1.54, 1.807) is 5.57 Å². The largest absolute Gasteiger partial charge is 0.466 e. The van der Waals surface area contributed by atoms with E-state index in [1.165, 1.54) is 141 Å². The van der Waals surface area contributed by atoms with Crippen LogP contribution in [0, 0.1) is 0 Å². The zero-order valence-electron chi connectivity index (χ0n) is 27.3. The van der Waals surface area contributed by atoms with Crippen LogP contribution < -0.4 is 0 Å². The van der Waals surface area contributed by atoms with Crippen molar-refractivity contribution in [2.24, 2.45) is 0 Å². The molecular weight excluding hydrogens is 478 g/mol. The summed E-state index contributed by atoms with van der Waals surface area (Å²) in [6, 6.07) is 0. The molecule has 0 atom stereocenters. The Balaban J connectivity index is 3.99. The quantitative estimate of drug-likeness (QED) is 0.0489. The van der Waals surface area contributed by atoms with Gasteiger partial charge in [-0.1, -0.05) is 135 Å². The predicted octanol–water partition coefficient (Wildman–Crippen LogP) is 11.6. The monoisotopic (exact) mass is 550 g/mol. The summed E-state index contributed by atoms with van der Waals surface area (Å²) >= 11 is 0. The van der Waals surface area contributed by atoms with Gasteiger partial charge in [0.2, 0.25) is 0 Å². The van der Waals surface area contributed by atoms with Crippen LogP contribution in [0.25, 0.3) is 0 Å². The first-order chi connectivity index (χ1) is 19.1. The van der Waals surface area contributed by atoms with Gasteiger partial charge >= 0.3 is 5.97 Å². The number of hydrogen-bond acceptors (Lipinski definition) is 3. The molecule has 0 aromatic rings. The second-order valence-electron chi connectivity index (χ2n) is 12.3. The number of hydrogen-bond donors (Lipinski definition) is 0. The van der Waals surface area contributed by atoms with Gasteiger partial charge in [0.15, 0.2) is 0 Å². The van der Waals surface area contributed by atoms with Crippen molar-refractivity contribution < 1.29 is 9.53 Å². The number of ether oxygens (including phenoxy) is 1. The van der Waals surface area contributed by atoms with Crippen molar-refractivity contribution in [2.75, 3.05) is 27.2 Å². The van der Waals surface area contributed by atoms with E-state index < -0.39 is 0 Å².